The van der Waals surface area contributed by atoms with E-state index in [0.717, 1.165) is 8.58 Å². The van der Waals surface area contributed by atoms with Crippen molar-refractivity contribution >= 4 is 25.2 Å². The molecule has 0 aliphatic carbocycles. The number of aliphatic carboxylic acids is 1. The molecule has 6 heteroatoms. The molecule has 0 atom stereocenters. The summed E-state index contributed by atoms with van der Waals surface area (Å²) in [5.41, 5.74) is 0. The molecule has 2 rings (SSSR count). The molecule has 2 nitrogen and oxygen atoms in total. The molecular weight excluding hydrogens is 288 g/mol. The molecule has 0 aromatic heterocycles. The van der Waals surface area contributed by atoms with Gasteiger partial charge in [-0.1, -0.05) is 69.2 Å². The Labute approximate surface area is 116 Å². The Balaban J connectivity index is 0.000000246. The molecule has 0 aliphatic rings. The van der Waals surface area contributed by atoms with Gasteiger partial charge >= 0.3 is 12.1 Å². The summed E-state index contributed by atoms with van der Waals surface area (Å²) in [6.07, 6.45) is -5.08. The van der Waals surface area contributed by atoms with Gasteiger partial charge in [0, 0.05) is 0 Å². The molecule has 1 N–H and O–H groups in total. The Hall–Kier alpha value is -1.87. The lowest BCUT2D eigenvalue weighted by Crippen LogP contribution is -2.21. The first-order chi connectivity index (χ1) is 9.39. The van der Waals surface area contributed by atoms with Crippen molar-refractivity contribution < 1.29 is 23.1 Å². The van der Waals surface area contributed by atoms with Crippen molar-refractivity contribution in [3.63, 3.8) is 0 Å². The van der Waals surface area contributed by atoms with E-state index in [4.69, 9.17) is 9.90 Å². The van der Waals surface area contributed by atoms with Crippen LogP contribution in [0, 0.1) is 0 Å². The molecule has 0 amide bonds. The highest BCUT2D eigenvalue weighted by Crippen LogP contribution is 2.13. The van der Waals surface area contributed by atoms with Gasteiger partial charge in [-0.25, -0.2) is 4.79 Å². The summed E-state index contributed by atoms with van der Waals surface area (Å²) in [5.74, 6) is -2.76. The highest BCUT2D eigenvalue weighted by atomic mass is 31.1. The zero-order chi connectivity index (χ0) is 15.0. The molecule has 0 saturated carbocycles. The first-order valence-corrected chi connectivity index (χ1v) is 6.57. The van der Waals surface area contributed by atoms with Gasteiger partial charge in [0.2, 0.25) is 0 Å². The van der Waals surface area contributed by atoms with Crippen LogP contribution in [0.5, 0.6) is 0 Å². The lowest BCUT2D eigenvalue weighted by Gasteiger charge is -2.00. The van der Waals surface area contributed by atoms with Crippen LogP contribution in [0.25, 0.3) is 0 Å². The van der Waals surface area contributed by atoms with E-state index in [1.165, 1.54) is 10.6 Å². The van der Waals surface area contributed by atoms with Gasteiger partial charge in [-0.3, -0.25) is 0 Å². The smallest absolute Gasteiger partial charge is 0.475 e. The summed E-state index contributed by atoms with van der Waals surface area (Å²) in [4.78, 5) is 8.90. The predicted octanol–water partition coefficient (Wildman–Crippen LogP) is 2.95. The minimum Gasteiger partial charge on any atom is -0.475 e. The third-order valence-corrected chi connectivity index (χ3v) is 3.32. The fraction of sp³-hybridized carbons (Fsp3) is 0.0714. The Kier molecular flexibility index (Phi) is 6.19. The number of alkyl halides is 3. The minimum atomic E-state index is -5.08. The van der Waals surface area contributed by atoms with Crippen molar-refractivity contribution in [2.24, 2.45) is 0 Å². The highest BCUT2D eigenvalue weighted by molar-refractivity contribution is 7.55. The van der Waals surface area contributed by atoms with Gasteiger partial charge in [-0.05, 0) is 10.6 Å². The Morgan fingerprint density at radius 1 is 0.850 bits per heavy atom. The molecule has 2 aromatic carbocycles. The summed E-state index contributed by atoms with van der Waals surface area (Å²) in [6, 6.07) is 21.2. The van der Waals surface area contributed by atoms with Gasteiger partial charge in [0.05, 0.1) is 0 Å². The third-order valence-electron chi connectivity index (χ3n) is 2.08. The van der Waals surface area contributed by atoms with E-state index in [1.54, 1.807) is 0 Å². The number of hydrogen-bond donors (Lipinski definition) is 1. The lowest BCUT2D eigenvalue weighted by molar-refractivity contribution is -0.192. The normalized spacial score (nSPS) is 10.3. The Morgan fingerprint density at radius 3 is 1.40 bits per heavy atom. The highest BCUT2D eigenvalue weighted by Gasteiger charge is 2.38. The number of carboxylic acids is 1. The van der Waals surface area contributed by atoms with Crippen LogP contribution in [0.15, 0.2) is 60.7 Å². The first kappa shape index (κ1) is 16.2. The van der Waals surface area contributed by atoms with Gasteiger partial charge in [0.1, 0.15) is 0 Å². The van der Waals surface area contributed by atoms with E-state index in [9.17, 15) is 13.2 Å². The lowest BCUT2D eigenvalue weighted by atomic mass is 10.4. The molecule has 20 heavy (non-hydrogen) atoms. The third kappa shape index (κ3) is 6.34. The van der Waals surface area contributed by atoms with Crippen molar-refractivity contribution in [1.82, 2.24) is 0 Å². The molecule has 0 bridgehead atoms. The predicted molar refractivity (Wildman–Crippen MR) is 74.2 cm³/mol. The summed E-state index contributed by atoms with van der Waals surface area (Å²) in [5, 5.41) is 9.92. The number of carbonyl (C=O) groups is 1. The van der Waals surface area contributed by atoms with E-state index >= 15 is 0 Å². The van der Waals surface area contributed by atoms with Crippen LogP contribution < -0.4 is 10.6 Å². The van der Waals surface area contributed by atoms with Crippen molar-refractivity contribution in [2.45, 2.75) is 6.18 Å². The zero-order valence-corrected chi connectivity index (χ0v) is 11.3. The number of halogens is 3. The van der Waals surface area contributed by atoms with Crippen LogP contribution in [0.3, 0.4) is 0 Å². The molecule has 2 aromatic rings. The SMILES string of the molecule is O=C(O)C(F)(F)F.c1ccc(Pc2ccccc2)cc1. The minimum absolute atomic E-state index is 0.777. The first-order valence-electron chi connectivity index (χ1n) is 5.57. The average Bonchev–Trinajstić information content (AvgIpc) is 2.40. The molecule has 106 valence electrons. The van der Waals surface area contributed by atoms with Crippen LogP contribution in [0.2, 0.25) is 0 Å². The Morgan fingerprint density at radius 2 is 1.15 bits per heavy atom. The average molecular weight is 300 g/mol. The Bertz CT molecular complexity index is 490. The van der Waals surface area contributed by atoms with Crippen LogP contribution in [0.4, 0.5) is 13.2 Å². The molecule has 0 spiro atoms. The summed E-state index contributed by atoms with van der Waals surface area (Å²) < 4.78 is 31.7. The van der Waals surface area contributed by atoms with Gasteiger partial charge < -0.3 is 5.11 Å². The molecule has 0 radical (unpaired) electrons. The summed E-state index contributed by atoms with van der Waals surface area (Å²) in [6.45, 7) is 0. The standard InChI is InChI=1S/C12H11P.C2HF3O2/c1-3-7-11(8-4-1)13-12-9-5-2-6-10-12;3-2(4,5)1(6)7/h1-10,13H;(H,6,7). The van der Waals surface area contributed by atoms with E-state index in [1.807, 2.05) is 0 Å². The quantitative estimate of drug-likeness (QED) is 0.866. The zero-order valence-electron chi connectivity index (χ0n) is 10.3. The number of hydrogen-bond acceptors (Lipinski definition) is 1. The van der Waals surface area contributed by atoms with E-state index in [2.05, 4.69) is 60.7 Å². The molecule has 0 unspecified atom stereocenters. The van der Waals surface area contributed by atoms with Crippen LogP contribution in [-0.2, 0) is 4.79 Å². The van der Waals surface area contributed by atoms with Gasteiger partial charge in [0.25, 0.3) is 0 Å². The molecule has 0 heterocycles. The maximum Gasteiger partial charge on any atom is 0.490 e. The number of benzene rings is 2. The van der Waals surface area contributed by atoms with Crippen molar-refractivity contribution in [3.8, 4) is 0 Å². The van der Waals surface area contributed by atoms with Gasteiger partial charge in [-0.15, -0.1) is 0 Å². The second-order valence-electron chi connectivity index (χ2n) is 3.66. The van der Waals surface area contributed by atoms with Gasteiger partial charge in [-0.2, -0.15) is 13.2 Å². The second kappa shape index (κ2) is 7.65. The van der Waals surface area contributed by atoms with Crippen molar-refractivity contribution in [1.29, 1.82) is 0 Å². The van der Waals surface area contributed by atoms with Crippen LogP contribution >= 0.6 is 8.58 Å². The second-order valence-corrected chi connectivity index (χ2v) is 5.06. The van der Waals surface area contributed by atoms with Crippen molar-refractivity contribution in [2.75, 3.05) is 0 Å². The maximum atomic E-state index is 10.6. The number of carboxylic acid groups (broad SMARTS) is 1. The largest absolute Gasteiger partial charge is 0.490 e. The molecular formula is C14H12F3O2P. The molecule has 0 saturated heterocycles. The van der Waals surface area contributed by atoms with Crippen molar-refractivity contribution in [3.05, 3.63) is 60.7 Å². The van der Waals surface area contributed by atoms with E-state index < -0.39 is 12.1 Å². The summed E-state index contributed by atoms with van der Waals surface area (Å²) >= 11 is 0. The summed E-state index contributed by atoms with van der Waals surface area (Å²) in [7, 11) is 0.777. The molecule has 0 aliphatic heterocycles. The topological polar surface area (TPSA) is 37.3 Å². The van der Waals surface area contributed by atoms with Crippen LogP contribution in [-0.4, -0.2) is 17.3 Å². The van der Waals surface area contributed by atoms with E-state index in [0.29, 0.717) is 0 Å². The fourth-order valence-corrected chi connectivity index (χ4v) is 2.26. The monoisotopic (exact) mass is 300 g/mol. The van der Waals surface area contributed by atoms with E-state index in [-0.39, 0.29) is 0 Å². The van der Waals surface area contributed by atoms with Crippen LogP contribution in [0.1, 0.15) is 0 Å². The van der Waals surface area contributed by atoms with Gasteiger partial charge in [0.15, 0.2) is 0 Å². The fourth-order valence-electron chi connectivity index (χ4n) is 1.21. The number of rotatable bonds is 2. The molecule has 0 fully saturated rings. The maximum absolute atomic E-state index is 10.6.